The van der Waals surface area contributed by atoms with E-state index in [1.807, 2.05) is 36.4 Å². The number of rotatable bonds is 5. The van der Waals surface area contributed by atoms with E-state index >= 15 is 0 Å². The monoisotopic (exact) mass is 714 g/mol. The lowest BCUT2D eigenvalue weighted by Gasteiger charge is -2.14. The first-order valence-electron chi connectivity index (χ1n) is 19.0. The van der Waals surface area contributed by atoms with Crippen LogP contribution < -0.4 is 0 Å². The zero-order valence-electron chi connectivity index (χ0n) is 30.7. The van der Waals surface area contributed by atoms with Gasteiger partial charge in [0, 0.05) is 21.9 Å². The number of hydrogen-bond donors (Lipinski definition) is 0. The molecule has 56 heavy (non-hydrogen) atoms. The Morgan fingerprint density at radius 3 is 1.38 bits per heavy atom. The molecule has 0 atom stereocenters. The predicted octanol–water partition coefficient (Wildman–Crippen LogP) is 13.4. The van der Waals surface area contributed by atoms with Crippen LogP contribution in [0, 0.1) is 6.92 Å². The zero-order valence-corrected chi connectivity index (χ0v) is 30.7. The van der Waals surface area contributed by atoms with Crippen LogP contribution in [0.3, 0.4) is 0 Å². The third-order valence-electron chi connectivity index (χ3n) is 11.1. The molecule has 0 unspecified atom stereocenters. The Hall–Kier alpha value is -7.43. The topological polar surface area (TPSA) is 43.6 Å². The molecule has 262 valence electrons. The van der Waals surface area contributed by atoms with Crippen LogP contribution >= 0.6 is 0 Å². The van der Waals surface area contributed by atoms with Crippen molar-refractivity contribution in [2.24, 2.45) is 0 Å². The van der Waals surface area contributed by atoms with E-state index in [2.05, 4.69) is 163 Å². The fourth-order valence-corrected chi connectivity index (χ4v) is 8.31. The van der Waals surface area contributed by atoms with Gasteiger partial charge in [0.2, 0.25) is 5.95 Å². The fraction of sp³-hybridized carbons (Fsp3) is 0.0192. The SMILES string of the molecule is Cc1ccc(-c2ccc3c(c2)c2ccccc2c2cc4c(cc32)c2cc(-c3ccccc3)ccc2n4-c2nc(-c3ccccc3)nc(-c3ccccc3)n2)cc1. The molecule has 0 aliphatic carbocycles. The van der Waals surface area contributed by atoms with Crippen LogP contribution in [0.2, 0.25) is 0 Å². The van der Waals surface area contributed by atoms with E-state index in [1.54, 1.807) is 0 Å². The first-order chi connectivity index (χ1) is 27.7. The summed E-state index contributed by atoms with van der Waals surface area (Å²) in [6.07, 6.45) is 0. The van der Waals surface area contributed by atoms with Crippen LogP contribution in [-0.4, -0.2) is 19.5 Å². The molecule has 9 aromatic carbocycles. The quantitative estimate of drug-likeness (QED) is 0.167. The van der Waals surface area contributed by atoms with Crippen molar-refractivity contribution in [3.05, 3.63) is 194 Å². The lowest BCUT2D eigenvalue weighted by Crippen LogP contribution is -2.06. The smallest absolute Gasteiger partial charge is 0.238 e. The van der Waals surface area contributed by atoms with Crippen molar-refractivity contribution in [3.63, 3.8) is 0 Å². The molecule has 0 radical (unpaired) electrons. The highest BCUT2D eigenvalue weighted by Gasteiger charge is 2.21. The van der Waals surface area contributed by atoms with Crippen molar-refractivity contribution in [1.82, 2.24) is 19.5 Å². The number of aryl methyl sites for hydroxylation is 1. The van der Waals surface area contributed by atoms with Crippen molar-refractivity contribution in [1.29, 1.82) is 0 Å². The summed E-state index contributed by atoms with van der Waals surface area (Å²) in [5.74, 6) is 1.84. The summed E-state index contributed by atoms with van der Waals surface area (Å²) < 4.78 is 2.24. The first kappa shape index (κ1) is 32.0. The number of benzene rings is 9. The third-order valence-corrected chi connectivity index (χ3v) is 11.1. The molecule has 0 amide bonds. The van der Waals surface area contributed by atoms with Gasteiger partial charge in [0.15, 0.2) is 11.6 Å². The summed E-state index contributed by atoms with van der Waals surface area (Å²) >= 11 is 0. The number of aromatic nitrogens is 4. The van der Waals surface area contributed by atoms with Crippen LogP contribution in [0.25, 0.3) is 105 Å². The highest BCUT2D eigenvalue weighted by atomic mass is 15.2. The van der Waals surface area contributed by atoms with E-state index < -0.39 is 0 Å². The van der Waals surface area contributed by atoms with E-state index in [0.29, 0.717) is 17.6 Å². The average Bonchev–Trinajstić information content (AvgIpc) is 3.59. The maximum atomic E-state index is 5.23. The van der Waals surface area contributed by atoms with Gasteiger partial charge in [0.1, 0.15) is 0 Å². The van der Waals surface area contributed by atoms with Crippen LogP contribution in [0.15, 0.2) is 188 Å². The second-order valence-electron chi connectivity index (χ2n) is 14.5. The third kappa shape index (κ3) is 5.26. The molecule has 0 aliphatic heterocycles. The maximum Gasteiger partial charge on any atom is 0.238 e. The Bertz CT molecular complexity index is 3220. The summed E-state index contributed by atoms with van der Waals surface area (Å²) in [6, 6.07) is 67.0. The average molecular weight is 715 g/mol. The Labute approximate surface area is 324 Å². The molecule has 0 N–H and O–H groups in total. The number of hydrogen-bond acceptors (Lipinski definition) is 3. The highest BCUT2D eigenvalue weighted by Crippen LogP contribution is 2.42. The minimum atomic E-state index is 0.581. The second kappa shape index (κ2) is 12.9. The van der Waals surface area contributed by atoms with Gasteiger partial charge in [-0.25, -0.2) is 4.98 Å². The molecule has 2 heterocycles. The summed E-state index contributed by atoms with van der Waals surface area (Å²) in [5, 5.41) is 9.62. The lowest BCUT2D eigenvalue weighted by atomic mass is 9.91. The fourth-order valence-electron chi connectivity index (χ4n) is 8.31. The van der Waals surface area contributed by atoms with Gasteiger partial charge in [-0.3, -0.25) is 4.57 Å². The molecule has 0 fully saturated rings. The Morgan fingerprint density at radius 1 is 0.304 bits per heavy atom. The maximum absolute atomic E-state index is 5.23. The van der Waals surface area contributed by atoms with Crippen molar-refractivity contribution >= 4 is 54.1 Å². The van der Waals surface area contributed by atoms with Gasteiger partial charge in [-0.05, 0) is 91.8 Å². The summed E-state index contributed by atoms with van der Waals surface area (Å²) in [5.41, 5.74) is 9.98. The van der Waals surface area contributed by atoms with E-state index in [9.17, 15) is 0 Å². The predicted molar refractivity (Wildman–Crippen MR) is 233 cm³/mol. The van der Waals surface area contributed by atoms with Gasteiger partial charge in [-0.2, -0.15) is 9.97 Å². The normalized spacial score (nSPS) is 11.7. The van der Waals surface area contributed by atoms with Crippen molar-refractivity contribution in [2.45, 2.75) is 6.92 Å². The van der Waals surface area contributed by atoms with E-state index in [1.165, 1.54) is 54.6 Å². The van der Waals surface area contributed by atoms with Crippen molar-refractivity contribution in [3.8, 4) is 51.0 Å². The first-order valence-corrected chi connectivity index (χ1v) is 19.0. The molecule has 0 saturated carbocycles. The number of fused-ring (bicyclic) bond motifs is 9. The van der Waals surface area contributed by atoms with Crippen LogP contribution in [0.5, 0.6) is 0 Å². The highest BCUT2D eigenvalue weighted by molar-refractivity contribution is 6.29. The number of nitrogens with zero attached hydrogens (tertiary/aromatic N) is 4. The molecule has 0 spiro atoms. The van der Waals surface area contributed by atoms with Gasteiger partial charge in [-0.15, -0.1) is 0 Å². The molecule has 11 rings (SSSR count). The molecule has 4 nitrogen and oxygen atoms in total. The Kier molecular flexibility index (Phi) is 7.36. The summed E-state index contributed by atoms with van der Waals surface area (Å²) in [7, 11) is 0. The van der Waals surface area contributed by atoms with E-state index in [-0.39, 0.29) is 0 Å². The standard InChI is InChI=1S/C52H34N4/c1-33-21-23-35(24-22-33)38-25-27-42-43(29-38)40-19-11-12-20-41(40)45-32-49-47(31-44(42)45)46-30-39(34-13-5-2-6-14-34)26-28-48(46)56(49)52-54-50(36-15-7-3-8-16-36)53-51(55-52)37-17-9-4-10-18-37/h2-32H,1H3. The largest absolute Gasteiger partial charge is 0.278 e. The van der Waals surface area contributed by atoms with Gasteiger partial charge < -0.3 is 0 Å². The molecular formula is C52H34N4. The van der Waals surface area contributed by atoms with Crippen LogP contribution in [0.4, 0.5) is 0 Å². The second-order valence-corrected chi connectivity index (χ2v) is 14.5. The van der Waals surface area contributed by atoms with Crippen molar-refractivity contribution < 1.29 is 0 Å². The molecule has 0 saturated heterocycles. The zero-order chi connectivity index (χ0) is 37.2. The summed E-state index contributed by atoms with van der Waals surface area (Å²) in [6.45, 7) is 2.13. The molecule has 11 aromatic rings. The summed E-state index contributed by atoms with van der Waals surface area (Å²) in [4.78, 5) is 15.5. The van der Waals surface area contributed by atoms with E-state index in [4.69, 9.17) is 15.0 Å². The minimum Gasteiger partial charge on any atom is -0.278 e. The van der Waals surface area contributed by atoms with Gasteiger partial charge in [0.25, 0.3) is 0 Å². The van der Waals surface area contributed by atoms with Gasteiger partial charge in [0.05, 0.1) is 11.0 Å². The van der Waals surface area contributed by atoms with E-state index in [0.717, 1.165) is 38.5 Å². The Morgan fingerprint density at radius 2 is 0.750 bits per heavy atom. The Balaban J connectivity index is 1.25. The van der Waals surface area contributed by atoms with Gasteiger partial charge >= 0.3 is 0 Å². The van der Waals surface area contributed by atoms with Gasteiger partial charge in [-0.1, -0.05) is 163 Å². The molecule has 0 bridgehead atoms. The molecule has 0 aliphatic rings. The molecule has 4 heteroatoms. The van der Waals surface area contributed by atoms with Crippen LogP contribution in [0.1, 0.15) is 5.56 Å². The molecule has 2 aromatic heterocycles. The van der Waals surface area contributed by atoms with Crippen LogP contribution in [-0.2, 0) is 0 Å². The van der Waals surface area contributed by atoms with Crippen molar-refractivity contribution in [2.75, 3.05) is 0 Å². The lowest BCUT2D eigenvalue weighted by molar-refractivity contribution is 0.954. The molecular weight excluding hydrogens is 681 g/mol. The minimum absolute atomic E-state index is 0.581.